The SMILES string of the molecule is Cc1cccc(N2CCC(NS(=O)(=O)c3ccc(C(N)=O)cc3)CC2)n1. The van der Waals surface area contributed by atoms with Gasteiger partial charge in [-0.2, -0.15) is 0 Å². The van der Waals surface area contributed by atoms with E-state index in [1.54, 1.807) is 0 Å². The maximum atomic E-state index is 12.5. The molecule has 0 aliphatic carbocycles. The molecule has 0 spiro atoms. The van der Waals surface area contributed by atoms with Crippen LogP contribution in [0.15, 0.2) is 47.4 Å². The predicted molar refractivity (Wildman–Crippen MR) is 99.5 cm³/mol. The number of benzene rings is 1. The Morgan fingerprint density at radius 1 is 1.15 bits per heavy atom. The summed E-state index contributed by atoms with van der Waals surface area (Å²) in [6.07, 6.45) is 1.41. The number of aromatic nitrogens is 1. The van der Waals surface area contributed by atoms with Crippen LogP contribution >= 0.6 is 0 Å². The van der Waals surface area contributed by atoms with Gasteiger partial charge in [-0.3, -0.25) is 4.79 Å². The van der Waals surface area contributed by atoms with Crippen molar-refractivity contribution in [2.45, 2.75) is 30.7 Å². The van der Waals surface area contributed by atoms with Gasteiger partial charge < -0.3 is 10.6 Å². The third-order valence-corrected chi connectivity index (χ3v) is 6.00. The number of sulfonamides is 1. The van der Waals surface area contributed by atoms with Gasteiger partial charge in [0.1, 0.15) is 5.82 Å². The van der Waals surface area contributed by atoms with Gasteiger partial charge >= 0.3 is 0 Å². The zero-order valence-electron chi connectivity index (χ0n) is 14.6. The molecule has 26 heavy (non-hydrogen) atoms. The number of carbonyl (C=O) groups is 1. The average molecular weight is 374 g/mol. The predicted octanol–water partition coefficient (Wildman–Crippen LogP) is 1.44. The van der Waals surface area contributed by atoms with Crippen LogP contribution in [0, 0.1) is 6.92 Å². The number of nitrogens with one attached hydrogen (secondary N) is 1. The molecular weight excluding hydrogens is 352 g/mol. The molecule has 7 nitrogen and oxygen atoms in total. The Labute approximate surface area is 153 Å². The van der Waals surface area contributed by atoms with Crippen LogP contribution in [0.5, 0.6) is 0 Å². The second-order valence-electron chi connectivity index (χ2n) is 6.41. The zero-order valence-corrected chi connectivity index (χ0v) is 15.4. The Bertz CT molecular complexity index is 889. The number of anilines is 1. The van der Waals surface area contributed by atoms with Gasteiger partial charge in [-0.15, -0.1) is 0 Å². The zero-order chi connectivity index (χ0) is 18.7. The van der Waals surface area contributed by atoms with E-state index in [4.69, 9.17) is 5.73 Å². The number of rotatable bonds is 5. The molecule has 1 amide bonds. The van der Waals surface area contributed by atoms with Gasteiger partial charge in [0.15, 0.2) is 0 Å². The third kappa shape index (κ3) is 4.20. The molecule has 0 unspecified atom stereocenters. The van der Waals surface area contributed by atoms with Crippen LogP contribution in [-0.2, 0) is 10.0 Å². The molecule has 1 saturated heterocycles. The van der Waals surface area contributed by atoms with E-state index in [-0.39, 0.29) is 16.5 Å². The average Bonchev–Trinajstić information content (AvgIpc) is 2.62. The van der Waals surface area contributed by atoms with E-state index in [2.05, 4.69) is 14.6 Å². The minimum absolute atomic E-state index is 0.128. The molecule has 2 aromatic rings. The molecule has 1 aromatic carbocycles. The van der Waals surface area contributed by atoms with Gasteiger partial charge in [-0.1, -0.05) is 6.07 Å². The molecule has 3 N–H and O–H groups in total. The van der Waals surface area contributed by atoms with Crippen molar-refractivity contribution in [1.29, 1.82) is 0 Å². The summed E-state index contributed by atoms with van der Waals surface area (Å²) in [7, 11) is -3.63. The third-order valence-electron chi connectivity index (χ3n) is 4.46. The largest absolute Gasteiger partial charge is 0.366 e. The summed E-state index contributed by atoms with van der Waals surface area (Å²) in [5.41, 5.74) is 6.42. The number of nitrogens with two attached hydrogens (primary N) is 1. The number of carbonyl (C=O) groups excluding carboxylic acids is 1. The highest BCUT2D eigenvalue weighted by atomic mass is 32.2. The summed E-state index contributed by atoms with van der Waals surface area (Å²) in [6, 6.07) is 11.4. The quantitative estimate of drug-likeness (QED) is 0.824. The number of piperidine rings is 1. The molecule has 2 heterocycles. The van der Waals surface area contributed by atoms with Crippen molar-refractivity contribution in [2.24, 2.45) is 5.73 Å². The molecule has 0 bridgehead atoms. The summed E-state index contributed by atoms with van der Waals surface area (Å²) in [6.45, 7) is 3.43. The minimum Gasteiger partial charge on any atom is -0.366 e. The van der Waals surface area contributed by atoms with E-state index in [0.717, 1.165) is 24.6 Å². The fourth-order valence-electron chi connectivity index (χ4n) is 3.02. The first-order chi connectivity index (χ1) is 12.3. The van der Waals surface area contributed by atoms with Crippen LogP contribution in [0.4, 0.5) is 5.82 Å². The van der Waals surface area contributed by atoms with E-state index in [9.17, 15) is 13.2 Å². The summed E-state index contributed by atoms with van der Waals surface area (Å²) in [4.78, 5) is 17.9. The molecule has 1 aliphatic rings. The van der Waals surface area contributed by atoms with Crippen LogP contribution < -0.4 is 15.4 Å². The standard InChI is InChI=1S/C18H22N4O3S/c1-13-3-2-4-17(20-13)22-11-9-15(10-12-22)21-26(24,25)16-7-5-14(6-8-16)18(19)23/h2-8,15,21H,9-12H2,1H3,(H2,19,23). The van der Waals surface area contributed by atoms with Crippen molar-refractivity contribution in [1.82, 2.24) is 9.71 Å². The van der Waals surface area contributed by atoms with Crippen molar-refractivity contribution in [3.8, 4) is 0 Å². The fourth-order valence-corrected chi connectivity index (χ4v) is 4.32. The number of aryl methyl sites for hydroxylation is 1. The number of amides is 1. The maximum absolute atomic E-state index is 12.5. The summed E-state index contributed by atoms with van der Waals surface area (Å²) >= 11 is 0. The minimum atomic E-state index is -3.63. The highest BCUT2D eigenvalue weighted by Crippen LogP contribution is 2.20. The normalized spacial score (nSPS) is 15.8. The van der Waals surface area contributed by atoms with Gasteiger partial charge in [-0.05, 0) is 56.2 Å². The Hall–Kier alpha value is -2.45. The van der Waals surface area contributed by atoms with Gasteiger partial charge in [0, 0.05) is 30.4 Å². The van der Waals surface area contributed by atoms with Crippen molar-refractivity contribution >= 4 is 21.7 Å². The number of hydrogen-bond donors (Lipinski definition) is 2. The van der Waals surface area contributed by atoms with E-state index in [1.807, 2.05) is 25.1 Å². The van der Waals surface area contributed by atoms with Crippen LogP contribution in [0.1, 0.15) is 28.9 Å². The summed E-state index contributed by atoms with van der Waals surface area (Å²) in [5.74, 6) is 0.340. The molecule has 0 atom stereocenters. The Morgan fingerprint density at radius 3 is 2.38 bits per heavy atom. The Kier molecular flexibility index (Phi) is 5.24. The Balaban J connectivity index is 1.62. The molecule has 1 aliphatic heterocycles. The molecule has 0 radical (unpaired) electrons. The lowest BCUT2D eigenvalue weighted by molar-refractivity contribution is 0.1000. The van der Waals surface area contributed by atoms with Crippen molar-refractivity contribution < 1.29 is 13.2 Å². The summed E-state index contributed by atoms with van der Waals surface area (Å²) < 4.78 is 27.8. The van der Waals surface area contributed by atoms with Crippen molar-refractivity contribution in [3.05, 3.63) is 53.7 Å². The second kappa shape index (κ2) is 7.43. The second-order valence-corrected chi connectivity index (χ2v) is 8.12. The first kappa shape index (κ1) is 18.3. The lowest BCUT2D eigenvalue weighted by Crippen LogP contribution is -2.44. The molecule has 0 saturated carbocycles. The number of pyridine rings is 1. The number of primary amides is 1. The van der Waals surface area contributed by atoms with Gasteiger partial charge in [-0.25, -0.2) is 18.1 Å². The Morgan fingerprint density at radius 2 is 1.81 bits per heavy atom. The van der Waals surface area contributed by atoms with Crippen molar-refractivity contribution in [3.63, 3.8) is 0 Å². The molecule has 1 aromatic heterocycles. The van der Waals surface area contributed by atoms with Crippen LogP contribution in [0.2, 0.25) is 0 Å². The van der Waals surface area contributed by atoms with Crippen LogP contribution in [0.3, 0.4) is 0 Å². The lowest BCUT2D eigenvalue weighted by atomic mass is 10.1. The number of nitrogens with zero attached hydrogens (tertiary/aromatic N) is 2. The lowest BCUT2D eigenvalue weighted by Gasteiger charge is -2.33. The van der Waals surface area contributed by atoms with Gasteiger partial charge in [0.2, 0.25) is 15.9 Å². The van der Waals surface area contributed by atoms with Crippen LogP contribution in [0.25, 0.3) is 0 Å². The summed E-state index contributed by atoms with van der Waals surface area (Å²) in [5, 5.41) is 0. The monoisotopic (exact) mass is 374 g/mol. The fraction of sp³-hybridized carbons (Fsp3) is 0.333. The number of hydrogen-bond acceptors (Lipinski definition) is 5. The maximum Gasteiger partial charge on any atom is 0.248 e. The topological polar surface area (TPSA) is 105 Å². The first-order valence-electron chi connectivity index (χ1n) is 8.46. The molecule has 8 heteroatoms. The van der Waals surface area contributed by atoms with E-state index in [1.165, 1.54) is 24.3 Å². The van der Waals surface area contributed by atoms with Crippen molar-refractivity contribution in [2.75, 3.05) is 18.0 Å². The molecule has 138 valence electrons. The van der Waals surface area contributed by atoms with E-state index >= 15 is 0 Å². The smallest absolute Gasteiger partial charge is 0.248 e. The van der Waals surface area contributed by atoms with Crippen LogP contribution in [-0.4, -0.2) is 38.4 Å². The first-order valence-corrected chi connectivity index (χ1v) is 9.94. The highest BCUT2D eigenvalue weighted by molar-refractivity contribution is 7.89. The highest BCUT2D eigenvalue weighted by Gasteiger charge is 2.25. The van der Waals surface area contributed by atoms with E-state index in [0.29, 0.717) is 12.8 Å². The van der Waals surface area contributed by atoms with Gasteiger partial charge in [0.05, 0.1) is 4.90 Å². The van der Waals surface area contributed by atoms with E-state index < -0.39 is 15.9 Å². The molecule has 3 rings (SSSR count). The molecular formula is C18H22N4O3S. The van der Waals surface area contributed by atoms with Gasteiger partial charge in [0.25, 0.3) is 0 Å². The molecule has 1 fully saturated rings.